The molecule has 0 unspecified atom stereocenters. The first-order valence-electron chi connectivity index (χ1n) is 7.76. The fraction of sp³-hybridized carbons (Fsp3) is 0.588. The van der Waals surface area contributed by atoms with Gasteiger partial charge in [0, 0.05) is 13.0 Å². The minimum atomic E-state index is -0.194. The molecule has 3 atom stereocenters. The third-order valence-corrected chi connectivity index (χ3v) is 5.97. The molecule has 1 saturated carbocycles. The number of hydrogen-bond acceptors (Lipinski definition) is 2. The SMILES string of the molecule is O=C1C[C@@H]2O[C@@]3(CCl)CCC[C@@]2(C3)N1Cc1ccccc1. The number of amides is 1. The molecule has 0 N–H and O–H groups in total. The van der Waals surface area contributed by atoms with Gasteiger partial charge in [0.25, 0.3) is 0 Å². The Kier molecular flexibility index (Phi) is 3.05. The van der Waals surface area contributed by atoms with Crippen molar-refractivity contribution >= 4 is 17.5 Å². The molecule has 1 aromatic carbocycles. The monoisotopic (exact) mass is 305 g/mol. The standard InChI is InChI=1S/C17H20ClNO2/c18-12-16-7-4-8-17(11-16)14(21-16)9-15(20)19(17)10-13-5-2-1-3-6-13/h1-3,5-6,14H,4,7-12H2/t14-,16-,17-/m0/s1. The van der Waals surface area contributed by atoms with Crippen LogP contribution in [0.2, 0.25) is 0 Å². The van der Waals surface area contributed by atoms with E-state index in [1.807, 2.05) is 18.2 Å². The van der Waals surface area contributed by atoms with Crippen LogP contribution < -0.4 is 0 Å². The molecule has 1 aliphatic carbocycles. The molecule has 3 aliphatic rings. The number of ether oxygens (including phenoxy) is 1. The number of nitrogens with zero attached hydrogens (tertiary/aromatic N) is 1. The minimum absolute atomic E-state index is 0.0370. The molecular formula is C17H20ClNO2. The zero-order valence-corrected chi connectivity index (χ0v) is 12.8. The van der Waals surface area contributed by atoms with Crippen LogP contribution in [0.15, 0.2) is 30.3 Å². The number of benzene rings is 1. The predicted octanol–water partition coefficient (Wildman–Crippen LogP) is 3.11. The number of rotatable bonds is 3. The van der Waals surface area contributed by atoms with E-state index in [1.54, 1.807) is 0 Å². The molecule has 2 heterocycles. The Morgan fingerprint density at radius 2 is 2.10 bits per heavy atom. The van der Waals surface area contributed by atoms with Gasteiger partial charge < -0.3 is 9.64 Å². The van der Waals surface area contributed by atoms with E-state index in [9.17, 15) is 4.79 Å². The summed E-state index contributed by atoms with van der Waals surface area (Å²) in [6.07, 6.45) is 4.65. The number of carbonyl (C=O) groups excluding carboxylic acids is 1. The topological polar surface area (TPSA) is 29.5 Å². The van der Waals surface area contributed by atoms with E-state index in [0.717, 1.165) is 25.7 Å². The van der Waals surface area contributed by atoms with Gasteiger partial charge >= 0.3 is 0 Å². The van der Waals surface area contributed by atoms with Crippen molar-refractivity contribution in [2.45, 2.75) is 55.9 Å². The maximum atomic E-state index is 12.5. The van der Waals surface area contributed by atoms with Gasteiger partial charge in [-0.3, -0.25) is 4.79 Å². The van der Waals surface area contributed by atoms with Crippen LogP contribution in [0.4, 0.5) is 0 Å². The Morgan fingerprint density at radius 3 is 2.86 bits per heavy atom. The summed E-state index contributed by atoms with van der Waals surface area (Å²) in [4.78, 5) is 14.6. The Bertz CT molecular complexity index is 563. The third kappa shape index (κ3) is 1.94. The first kappa shape index (κ1) is 13.6. The van der Waals surface area contributed by atoms with E-state index in [-0.39, 0.29) is 23.2 Å². The van der Waals surface area contributed by atoms with E-state index in [2.05, 4.69) is 17.0 Å². The number of carbonyl (C=O) groups is 1. The summed E-state index contributed by atoms with van der Waals surface area (Å²) < 4.78 is 6.28. The Balaban J connectivity index is 1.66. The molecule has 4 rings (SSSR count). The summed E-state index contributed by atoms with van der Waals surface area (Å²) >= 11 is 6.19. The molecule has 21 heavy (non-hydrogen) atoms. The molecule has 2 saturated heterocycles. The first-order valence-corrected chi connectivity index (χ1v) is 8.29. The zero-order chi connectivity index (χ0) is 14.5. The lowest BCUT2D eigenvalue weighted by Crippen LogP contribution is -2.51. The van der Waals surface area contributed by atoms with Crippen LogP contribution in [0.1, 0.15) is 37.7 Å². The van der Waals surface area contributed by atoms with Crippen molar-refractivity contribution in [3.8, 4) is 0 Å². The van der Waals surface area contributed by atoms with Gasteiger partial charge in [-0.15, -0.1) is 11.6 Å². The van der Waals surface area contributed by atoms with Gasteiger partial charge in [0.05, 0.1) is 29.5 Å². The van der Waals surface area contributed by atoms with Crippen LogP contribution in [0.3, 0.4) is 0 Å². The summed E-state index contributed by atoms with van der Waals surface area (Å²) in [5, 5.41) is 0. The van der Waals surface area contributed by atoms with Crippen LogP contribution in [0.5, 0.6) is 0 Å². The quantitative estimate of drug-likeness (QED) is 0.803. The zero-order valence-electron chi connectivity index (χ0n) is 12.1. The molecule has 0 radical (unpaired) electrons. The Hall–Kier alpha value is -1.06. The second kappa shape index (κ2) is 4.72. The van der Waals surface area contributed by atoms with Gasteiger partial charge in [-0.2, -0.15) is 0 Å². The molecule has 1 aromatic rings. The first-order chi connectivity index (χ1) is 10.2. The highest BCUT2D eigenvalue weighted by molar-refractivity contribution is 6.18. The molecule has 2 bridgehead atoms. The number of halogens is 1. The van der Waals surface area contributed by atoms with Crippen molar-refractivity contribution in [2.75, 3.05) is 5.88 Å². The highest BCUT2D eigenvalue weighted by Gasteiger charge is 2.65. The molecule has 2 aliphatic heterocycles. The number of alkyl halides is 1. The number of likely N-dealkylation sites (tertiary alicyclic amines) is 1. The van der Waals surface area contributed by atoms with E-state index >= 15 is 0 Å². The molecule has 3 fully saturated rings. The minimum Gasteiger partial charge on any atom is -0.367 e. The largest absolute Gasteiger partial charge is 0.367 e. The Labute approximate surface area is 130 Å². The van der Waals surface area contributed by atoms with Crippen LogP contribution in [0.25, 0.3) is 0 Å². The lowest BCUT2D eigenvalue weighted by atomic mass is 9.74. The van der Waals surface area contributed by atoms with Crippen molar-refractivity contribution in [3.63, 3.8) is 0 Å². The molecule has 112 valence electrons. The van der Waals surface area contributed by atoms with E-state index in [1.165, 1.54) is 5.56 Å². The summed E-state index contributed by atoms with van der Waals surface area (Å²) in [6, 6.07) is 10.2. The molecular weight excluding hydrogens is 286 g/mol. The van der Waals surface area contributed by atoms with Crippen LogP contribution >= 0.6 is 11.6 Å². The van der Waals surface area contributed by atoms with Crippen LogP contribution in [-0.2, 0) is 16.1 Å². The fourth-order valence-corrected chi connectivity index (χ4v) is 4.84. The molecule has 3 nitrogen and oxygen atoms in total. The highest BCUT2D eigenvalue weighted by Crippen LogP contribution is 2.56. The van der Waals surface area contributed by atoms with Gasteiger partial charge in [0.2, 0.25) is 5.91 Å². The van der Waals surface area contributed by atoms with E-state index < -0.39 is 0 Å². The van der Waals surface area contributed by atoms with Crippen LogP contribution in [0, 0.1) is 0 Å². The third-order valence-electron chi connectivity index (χ3n) is 5.49. The normalized spacial score (nSPS) is 37.9. The maximum Gasteiger partial charge on any atom is 0.226 e. The van der Waals surface area contributed by atoms with Crippen molar-refractivity contribution in [1.29, 1.82) is 0 Å². The average Bonchev–Trinajstić information content (AvgIpc) is 2.86. The Morgan fingerprint density at radius 1 is 1.29 bits per heavy atom. The van der Waals surface area contributed by atoms with Crippen molar-refractivity contribution in [1.82, 2.24) is 4.90 Å². The molecule has 1 spiro atoms. The van der Waals surface area contributed by atoms with Gasteiger partial charge in [0.15, 0.2) is 0 Å². The van der Waals surface area contributed by atoms with Crippen molar-refractivity contribution in [2.24, 2.45) is 0 Å². The van der Waals surface area contributed by atoms with E-state index in [4.69, 9.17) is 16.3 Å². The van der Waals surface area contributed by atoms with Gasteiger partial charge in [0.1, 0.15) is 0 Å². The second-order valence-corrected chi connectivity index (χ2v) is 6.99. The van der Waals surface area contributed by atoms with Crippen LogP contribution in [-0.4, -0.2) is 33.9 Å². The summed E-state index contributed by atoms with van der Waals surface area (Å²) in [7, 11) is 0. The smallest absolute Gasteiger partial charge is 0.226 e. The second-order valence-electron chi connectivity index (χ2n) is 6.73. The van der Waals surface area contributed by atoms with Crippen molar-refractivity contribution in [3.05, 3.63) is 35.9 Å². The average molecular weight is 306 g/mol. The molecule has 1 amide bonds. The highest BCUT2D eigenvalue weighted by atomic mass is 35.5. The number of hydrogen-bond donors (Lipinski definition) is 0. The van der Waals surface area contributed by atoms with Gasteiger partial charge in [-0.1, -0.05) is 30.3 Å². The molecule has 0 aromatic heterocycles. The number of fused-ring (bicyclic) bond motifs is 1. The van der Waals surface area contributed by atoms with Crippen molar-refractivity contribution < 1.29 is 9.53 Å². The maximum absolute atomic E-state index is 12.5. The molecule has 4 heteroatoms. The van der Waals surface area contributed by atoms with Gasteiger partial charge in [-0.25, -0.2) is 0 Å². The van der Waals surface area contributed by atoms with Gasteiger partial charge in [-0.05, 0) is 24.8 Å². The lowest BCUT2D eigenvalue weighted by molar-refractivity contribution is -0.133. The predicted molar refractivity (Wildman–Crippen MR) is 81.1 cm³/mol. The summed E-state index contributed by atoms with van der Waals surface area (Å²) in [5.41, 5.74) is 0.884. The summed E-state index contributed by atoms with van der Waals surface area (Å²) in [5.74, 6) is 0.771. The lowest BCUT2D eigenvalue weighted by Gasteiger charge is -2.42. The summed E-state index contributed by atoms with van der Waals surface area (Å²) in [6.45, 7) is 0.692. The van der Waals surface area contributed by atoms with E-state index in [0.29, 0.717) is 18.8 Å². The fourth-order valence-electron chi connectivity index (χ4n) is 4.55.